The third kappa shape index (κ3) is 3.60. The van der Waals surface area contributed by atoms with Crippen molar-refractivity contribution in [3.63, 3.8) is 0 Å². The summed E-state index contributed by atoms with van der Waals surface area (Å²) < 4.78 is 21.1. The highest BCUT2D eigenvalue weighted by atomic mass is 16.5. The molecule has 3 rings (SSSR count). The van der Waals surface area contributed by atoms with Crippen LogP contribution in [0, 0.1) is 0 Å². The summed E-state index contributed by atoms with van der Waals surface area (Å²) in [6.45, 7) is 0.198. The highest BCUT2D eigenvalue weighted by Crippen LogP contribution is 2.22. The van der Waals surface area contributed by atoms with Crippen molar-refractivity contribution >= 4 is 0 Å². The number of hydrogen-bond acceptors (Lipinski definition) is 6. The van der Waals surface area contributed by atoms with E-state index >= 15 is 0 Å². The number of ether oxygens (including phenoxy) is 3. The van der Waals surface area contributed by atoms with E-state index in [0.29, 0.717) is 17.5 Å². The molecule has 3 aromatic rings. The highest BCUT2D eigenvalue weighted by molar-refractivity contribution is 5.56. The lowest BCUT2D eigenvalue weighted by Crippen LogP contribution is -1.95. The van der Waals surface area contributed by atoms with Gasteiger partial charge in [-0.25, -0.2) is 0 Å². The van der Waals surface area contributed by atoms with Crippen molar-refractivity contribution in [1.29, 1.82) is 0 Å². The monoisotopic (exact) mass is 312 g/mol. The number of nitrogens with zero attached hydrogens (tertiary/aromatic N) is 2. The van der Waals surface area contributed by atoms with Gasteiger partial charge < -0.3 is 18.7 Å². The molecule has 1 aromatic heterocycles. The Kier molecular flexibility index (Phi) is 4.42. The predicted molar refractivity (Wildman–Crippen MR) is 83.6 cm³/mol. The molecule has 6 nitrogen and oxygen atoms in total. The van der Waals surface area contributed by atoms with Crippen molar-refractivity contribution in [2.75, 3.05) is 14.2 Å². The van der Waals surface area contributed by atoms with Crippen molar-refractivity contribution in [2.24, 2.45) is 0 Å². The van der Waals surface area contributed by atoms with E-state index in [9.17, 15) is 0 Å². The van der Waals surface area contributed by atoms with Gasteiger partial charge in [0.2, 0.25) is 5.82 Å². The van der Waals surface area contributed by atoms with Gasteiger partial charge in [0.15, 0.2) is 6.61 Å². The summed E-state index contributed by atoms with van der Waals surface area (Å²) in [7, 11) is 3.23. The molecule has 0 N–H and O–H groups in total. The van der Waals surface area contributed by atoms with Gasteiger partial charge in [0, 0.05) is 5.56 Å². The molecule has 0 saturated heterocycles. The van der Waals surface area contributed by atoms with E-state index in [1.165, 1.54) is 0 Å². The molecule has 0 bridgehead atoms. The van der Waals surface area contributed by atoms with Gasteiger partial charge in [0.1, 0.15) is 17.2 Å². The van der Waals surface area contributed by atoms with E-state index < -0.39 is 0 Å². The SMILES string of the molecule is COc1ccc(OCc2nc(-c3cccc(OC)c3)no2)cc1. The van der Waals surface area contributed by atoms with Crippen LogP contribution in [0.3, 0.4) is 0 Å². The third-order valence-electron chi connectivity index (χ3n) is 3.22. The van der Waals surface area contributed by atoms with Gasteiger partial charge >= 0.3 is 0 Å². The average Bonchev–Trinajstić information content (AvgIpc) is 3.09. The lowest BCUT2D eigenvalue weighted by Gasteiger charge is -2.04. The van der Waals surface area contributed by atoms with E-state index in [1.807, 2.05) is 48.5 Å². The van der Waals surface area contributed by atoms with Gasteiger partial charge in [0.25, 0.3) is 5.89 Å². The van der Waals surface area contributed by atoms with Crippen LogP contribution in [0.2, 0.25) is 0 Å². The van der Waals surface area contributed by atoms with Crippen molar-refractivity contribution < 1.29 is 18.7 Å². The van der Waals surface area contributed by atoms with Crippen LogP contribution in [0.5, 0.6) is 17.2 Å². The summed E-state index contributed by atoms with van der Waals surface area (Å²) in [4.78, 5) is 4.32. The van der Waals surface area contributed by atoms with Crippen molar-refractivity contribution in [3.05, 3.63) is 54.4 Å². The number of aromatic nitrogens is 2. The van der Waals surface area contributed by atoms with Gasteiger partial charge in [-0.2, -0.15) is 4.98 Å². The first-order chi connectivity index (χ1) is 11.3. The molecule has 0 unspecified atom stereocenters. The summed E-state index contributed by atoms with van der Waals surface area (Å²) in [5, 5.41) is 3.96. The van der Waals surface area contributed by atoms with Crippen LogP contribution in [0.4, 0.5) is 0 Å². The molecule has 0 aliphatic carbocycles. The van der Waals surface area contributed by atoms with Crippen molar-refractivity contribution in [1.82, 2.24) is 10.1 Å². The molecule has 0 spiro atoms. The molecule has 0 fully saturated rings. The van der Waals surface area contributed by atoms with E-state index in [2.05, 4.69) is 10.1 Å². The molecule has 6 heteroatoms. The largest absolute Gasteiger partial charge is 0.497 e. The smallest absolute Gasteiger partial charge is 0.264 e. The van der Waals surface area contributed by atoms with E-state index in [1.54, 1.807) is 14.2 Å². The Morgan fingerprint density at radius 1 is 0.913 bits per heavy atom. The Balaban J connectivity index is 1.66. The quantitative estimate of drug-likeness (QED) is 0.695. The second kappa shape index (κ2) is 6.83. The van der Waals surface area contributed by atoms with Crippen LogP contribution in [-0.4, -0.2) is 24.4 Å². The second-order valence-electron chi connectivity index (χ2n) is 4.71. The van der Waals surface area contributed by atoms with Crippen LogP contribution < -0.4 is 14.2 Å². The topological polar surface area (TPSA) is 66.6 Å². The van der Waals surface area contributed by atoms with E-state index in [4.69, 9.17) is 18.7 Å². The Hall–Kier alpha value is -3.02. The molecule has 2 aromatic carbocycles. The highest BCUT2D eigenvalue weighted by Gasteiger charge is 2.10. The van der Waals surface area contributed by atoms with Gasteiger partial charge in [-0.1, -0.05) is 17.3 Å². The average molecular weight is 312 g/mol. The van der Waals surface area contributed by atoms with Gasteiger partial charge in [0.05, 0.1) is 14.2 Å². The molecular weight excluding hydrogens is 296 g/mol. The summed E-state index contributed by atoms with van der Waals surface area (Å²) in [6, 6.07) is 14.8. The molecule has 0 amide bonds. The first kappa shape index (κ1) is 14.9. The summed E-state index contributed by atoms with van der Waals surface area (Å²) in [5.74, 6) is 3.11. The molecule has 1 heterocycles. The standard InChI is InChI=1S/C17H16N2O4/c1-20-13-6-8-14(9-7-13)22-11-16-18-17(19-23-16)12-4-3-5-15(10-12)21-2/h3-10H,11H2,1-2H3. The van der Waals surface area contributed by atoms with E-state index in [-0.39, 0.29) is 6.61 Å². The Morgan fingerprint density at radius 3 is 2.39 bits per heavy atom. The lowest BCUT2D eigenvalue weighted by atomic mass is 10.2. The summed E-state index contributed by atoms with van der Waals surface area (Å²) >= 11 is 0. The maximum atomic E-state index is 5.61. The zero-order chi connectivity index (χ0) is 16.1. The predicted octanol–water partition coefficient (Wildman–Crippen LogP) is 3.33. The normalized spacial score (nSPS) is 10.3. The minimum atomic E-state index is 0.198. The van der Waals surface area contributed by atoms with E-state index in [0.717, 1.165) is 17.1 Å². The molecular formula is C17H16N2O4. The molecule has 23 heavy (non-hydrogen) atoms. The Morgan fingerprint density at radius 2 is 1.65 bits per heavy atom. The van der Waals surface area contributed by atoms with Gasteiger partial charge in [-0.3, -0.25) is 0 Å². The molecule has 0 aliphatic heterocycles. The first-order valence-electron chi connectivity index (χ1n) is 7.02. The molecule has 0 saturated carbocycles. The van der Waals surface area contributed by atoms with Crippen LogP contribution >= 0.6 is 0 Å². The Bertz CT molecular complexity index is 768. The number of rotatable bonds is 6. The zero-order valence-electron chi connectivity index (χ0n) is 12.9. The fraction of sp³-hybridized carbons (Fsp3) is 0.176. The molecule has 0 radical (unpaired) electrons. The van der Waals surface area contributed by atoms with Gasteiger partial charge in [-0.15, -0.1) is 0 Å². The molecule has 0 atom stereocenters. The minimum absolute atomic E-state index is 0.198. The zero-order valence-corrected chi connectivity index (χ0v) is 12.9. The fourth-order valence-electron chi connectivity index (χ4n) is 2.01. The first-order valence-corrected chi connectivity index (χ1v) is 7.02. The maximum Gasteiger partial charge on any atom is 0.264 e. The third-order valence-corrected chi connectivity index (χ3v) is 3.22. The minimum Gasteiger partial charge on any atom is -0.497 e. The van der Waals surface area contributed by atoms with Gasteiger partial charge in [-0.05, 0) is 36.4 Å². The van der Waals surface area contributed by atoms with Crippen LogP contribution in [0.25, 0.3) is 11.4 Å². The Labute approximate surface area is 133 Å². The summed E-state index contributed by atoms with van der Waals surface area (Å²) in [5.41, 5.74) is 0.823. The van der Waals surface area contributed by atoms with Crippen molar-refractivity contribution in [3.8, 4) is 28.6 Å². The van der Waals surface area contributed by atoms with Crippen LogP contribution in [-0.2, 0) is 6.61 Å². The van der Waals surface area contributed by atoms with Crippen LogP contribution in [0.15, 0.2) is 53.1 Å². The maximum absolute atomic E-state index is 5.61. The number of hydrogen-bond donors (Lipinski definition) is 0. The summed E-state index contributed by atoms with van der Waals surface area (Å²) in [6.07, 6.45) is 0. The number of benzene rings is 2. The molecule has 0 aliphatic rings. The van der Waals surface area contributed by atoms with Crippen molar-refractivity contribution in [2.45, 2.75) is 6.61 Å². The lowest BCUT2D eigenvalue weighted by molar-refractivity contribution is 0.242. The molecule has 118 valence electrons. The van der Waals surface area contributed by atoms with Crippen LogP contribution in [0.1, 0.15) is 5.89 Å². The fourth-order valence-corrected chi connectivity index (χ4v) is 2.01. The second-order valence-corrected chi connectivity index (χ2v) is 4.71. The number of methoxy groups -OCH3 is 2.